The van der Waals surface area contributed by atoms with Gasteiger partial charge in [-0.25, -0.2) is 0 Å². The van der Waals surface area contributed by atoms with Crippen LogP contribution in [0.25, 0.3) is 0 Å². The highest BCUT2D eigenvalue weighted by atomic mass is 16.5. The van der Waals surface area contributed by atoms with Gasteiger partial charge in [-0.3, -0.25) is 0 Å². The minimum Gasteiger partial charge on any atom is -0.380 e. The van der Waals surface area contributed by atoms with E-state index >= 15 is 0 Å². The van der Waals surface area contributed by atoms with Crippen molar-refractivity contribution in [3.05, 3.63) is 47.5 Å². The lowest BCUT2D eigenvalue weighted by atomic mass is 10.0. The molecule has 0 aliphatic carbocycles. The molecule has 0 saturated carbocycles. The van der Waals surface area contributed by atoms with Crippen LogP contribution in [0.5, 0.6) is 0 Å². The van der Waals surface area contributed by atoms with Gasteiger partial charge < -0.3 is 9.47 Å². The van der Waals surface area contributed by atoms with Gasteiger partial charge in [0.1, 0.15) is 0 Å². The van der Waals surface area contributed by atoms with Crippen LogP contribution >= 0.6 is 0 Å². The van der Waals surface area contributed by atoms with Crippen LogP contribution in [0.2, 0.25) is 0 Å². The van der Waals surface area contributed by atoms with E-state index in [-0.39, 0.29) is 6.10 Å². The summed E-state index contributed by atoms with van der Waals surface area (Å²) in [4.78, 5) is 0. The molecule has 1 atom stereocenters. The zero-order valence-electron chi connectivity index (χ0n) is 11.0. The Bertz CT molecular complexity index is 345. The van der Waals surface area contributed by atoms with Gasteiger partial charge in [-0.2, -0.15) is 0 Å². The normalized spacial score (nSPS) is 13.1. The predicted molar refractivity (Wildman–Crippen MR) is 71.1 cm³/mol. The molecular weight excluding hydrogens is 212 g/mol. The number of ether oxygens (including phenoxy) is 2. The summed E-state index contributed by atoms with van der Waals surface area (Å²) in [6.07, 6.45) is 6.39. The Morgan fingerprint density at radius 2 is 2.00 bits per heavy atom. The fourth-order valence-corrected chi connectivity index (χ4v) is 1.76. The number of rotatable bonds is 7. The van der Waals surface area contributed by atoms with Crippen molar-refractivity contribution in [2.75, 3.05) is 14.2 Å². The summed E-state index contributed by atoms with van der Waals surface area (Å²) in [5, 5.41) is 0. The monoisotopic (exact) mass is 234 g/mol. The summed E-state index contributed by atoms with van der Waals surface area (Å²) in [6.45, 7) is 2.79. The maximum Gasteiger partial charge on any atom is 0.0792 e. The van der Waals surface area contributed by atoms with Crippen molar-refractivity contribution in [3.8, 4) is 0 Å². The van der Waals surface area contributed by atoms with Gasteiger partial charge in [0.05, 0.1) is 12.7 Å². The van der Waals surface area contributed by atoms with Crippen molar-refractivity contribution in [2.24, 2.45) is 0 Å². The van der Waals surface area contributed by atoms with Gasteiger partial charge in [0.25, 0.3) is 0 Å². The van der Waals surface area contributed by atoms with Gasteiger partial charge in [-0.15, -0.1) is 0 Å². The van der Waals surface area contributed by atoms with Crippen LogP contribution in [0.3, 0.4) is 0 Å². The number of methoxy groups -OCH3 is 2. The van der Waals surface area contributed by atoms with Gasteiger partial charge in [0.15, 0.2) is 0 Å². The second-order valence-corrected chi connectivity index (χ2v) is 4.07. The molecule has 17 heavy (non-hydrogen) atoms. The SMILES string of the molecule is CC/C=C/C(Cc1cccc(COC)c1)OC. The zero-order valence-corrected chi connectivity index (χ0v) is 11.0. The van der Waals surface area contributed by atoms with E-state index < -0.39 is 0 Å². The average molecular weight is 234 g/mol. The molecule has 0 N–H and O–H groups in total. The van der Waals surface area contributed by atoms with Crippen LogP contribution in [-0.2, 0) is 22.5 Å². The first kappa shape index (κ1) is 13.9. The van der Waals surface area contributed by atoms with E-state index in [2.05, 4.69) is 43.3 Å². The van der Waals surface area contributed by atoms with Crippen molar-refractivity contribution in [2.45, 2.75) is 32.5 Å². The van der Waals surface area contributed by atoms with E-state index in [9.17, 15) is 0 Å². The molecule has 0 saturated heterocycles. The lowest BCUT2D eigenvalue weighted by molar-refractivity contribution is 0.141. The summed E-state index contributed by atoms with van der Waals surface area (Å²) in [5.41, 5.74) is 2.49. The molecule has 0 fully saturated rings. The van der Waals surface area contributed by atoms with Crippen LogP contribution in [0.4, 0.5) is 0 Å². The number of hydrogen-bond donors (Lipinski definition) is 0. The van der Waals surface area contributed by atoms with Gasteiger partial charge in [-0.1, -0.05) is 43.3 Å². The highest BCUT2D eigenvalue weighted by Gasteiger charge is 2.04. The van der Waals surface area contributed by atoms with Crippen LogP contribution in [-0.4, -0.2) is 20.3 Å². The molecule has 0 heterocycles. The molecule has 0 amide bonds. The maximum absolute atomic E-state index is 5.44. The number of hydrogen-bond acceptors (Lipinski definition) is 2. The zero-order chi connectivity index (χ0) is 12.5. The van der Waals surface area contributed by atoms with Crippen molar-refractivity contribution in [1.82, 2.24) is 0 Å². The molecule has 1 aromatic carbocycles. The Hall–Kier alpha value is -1.12. The van der Waals surface area contributed by atoms with Crippen LogP contribution in [0.15, 0.2) is 36.4 Å². The standard InChI is InChI=1S/C15H22O2/c1-4-5-9-15(17-3)11-13-7-6-8-14(10-13)12-16-2/h5-10,15H,4,11-12H2,1-3H3/b9-5+. The molecule has 0 aromatic heterocycles. The largest absolute Gasteiger partial charge is 0.380 e. The molecule has 0 bridgehead atoms. The molecule has 2 nitrogen and oxygen atoms in total. The van der Waals surface area contributed by atoms with Crippen molar-refractivity contribution < 1.29 is 9.47 Å². The molecular formula is C15H22O2. The number of benzene rings is 1. The first-order valence-corrected chi connectivity index (χ1v) is 6.06. The van der Waals surface area contributed by atoms with Gasteiger partial charge in [0, 0.05) is 20.6 Å². The third-order valence-electron chi connectivity index (χ3n) is 2.63. The first-order chi connectivity index (χ1) is 8.30. The summed E-state index contributed by atoms with van der Waals surface area (Å²) >= 11 is 0. The third kappa shape index (κ3) is 5.16. The second-order valence-electron chi connectivity index (χ2n) is 4.07. The molecule has 0 aliphatic rings. The Morgan fingerprint density at radius 3 is 2.65 bits per heavy atom. The summed E-state index contributed by atoms with van der Waals surface area (Å²) in [7, 11) is 3.47. The number of allylic oxidation sites excluding steroid dienone is 1. The molecule has 0 aliphatic heterocycles. The van der Waals surface area contributed by atoms with E-state index in [4.69, 9.17) is 9.47 Å². The Labute approximate surface area is 104 Å². The smallest absolute Gasteiger partial charge is 0.0792 e. The first-order valence-electron chi connectivity index (χ1n) is 6.06. The fourth-order valence-electron chi connectivity index (χ4n) is 1.76. The van der Waals surface area contributed by atoms with Crippen molar-refractivity contribution in [1.29, 1.82) is 0 Å². The summed E-state index contributed by atoms with van der Waals surface area (Å²) in [5.74, 6) is 0. The fraction of sp³-hybridized carbons (Fsp3) is 0.467. The molecule has 94 valence electrons. The van der Waals surface area contributed by atoms with Crippen LogP contribution in [0.1, 0.15) is 24.5 Å². The molecule has 1 aromatic rings. The quantitative estimate of drug-likeness (QED) is 0.673. The minimum atomic E-state index is 0.160. The average Bonchev–Trinajstić information content (AvgIpc) is 2.35. The van der Waals surface area contributed by atoms with E-state index in [1.54, 1.807) is 14.2 Å². The Balaban J connectivity index is 2.65. The van der Waals surface area contributed by atoms with Gasteiger partial charge in [-0.05, 0) is 17.5 Å². The van der Waals surface area contributed by atoms with E-state index in [1.807, 2.05) is 0 Å². The van der Waals surface area contributed by atoms with E-state index in [1.165, 1.54) is 11.1 Å². The van der Waals surface area contributed by atoms with Crippen molar-refractivity contribution in [3.63, 3.8) is 0 Å². The van der Waals surface area contributed by atoms with Gasteiger partial charge in [0.2, 0.25) is 0 Å². The molecule has 2 heteroatoms. The Morgan fingerprint density at radius 1 is 1.24 bits per heavy atom. The highest BCUT2D eigenvalue weighted by Crippen LogP contribution is 2.11. The molecule has 0 radical (unpaired) electrons. The van der Waals surface area contributed by atoms with Crippen LogP contribution in [0, 0.1) is 0 Å². The predicted octanol–water partition coefficient (Wildman–Crippen LogP) is 3.36. The molecule has 1 rings (SSSR count). The lowest BCUT2D eigenvalue weighted by Gasteiger charge is -2.11. The van der Waals surface area contributed by atoms with E-state index in [0.717, 1.165) is 12.8 Å². The summed E-state index contributed by atoms with van der Waals surface area (Å²) in [6, 6.07) is 8.46. The van der Waals surface area contributed by atoms with Crippen molar-refractivity contribution >= 4 is 0 Å². The lowest BCUT2D eigenvalue weighted by Crippen LogP contribution is -2.10. The van der Waals surface area contributed by atoms with Crippen LogP contribution < -0.4 is 0 Å². The van der Waals surface area contributed by atoms with E-state index in [0.29, 0.717) is 6.61 Å². The molecule has 1 unspecified atom stereocenters. The minimum absolute atomic E-state index is 0.160. The highest BCUT2D eigenvalue weighted by molar-refractivity contribution is 5.24. The Kier molecular flexibility index (Phi) is 6.60. The third-order valence-corrected chi connectivity index (χ3v) is 2.63. The maximum atomic E-state index is 5.44. The topological polar surface area (TPSA) is 18.5 Å². The van der Waals surface area contributed by atoms with Gasteiger partial charge >= 0.3 is 0 Å². The second kappa shape index (κ2) is 8.04. The summed E-state index contributed by atoms with van der Waals surface area (Å²) < 4.78 is 10.6. The molecule has 0 spiro atoms.